The summed E-state index contributed by atoms with van der Waals surface area (Å²) in [5.74, 6) is 1.57. The van der Waals surface area contributed by atoms with Gasteiger partial charge in [-0.25, -0.2) is 0 Å². The van der Waals surface area contributed by atoms with Gasteiger partial charge < -0.3 is 25.3 Å². The minimum atomic E-state index is 0. The van der Waals surface area contributed by atoms with Crippen LogP contribution in [0.25, 0.3) is 0 Å². The zero-order valence-corrected chi connectivity index (χ0v) is 21.4. The van der Waals surface area contributed by atoms with Gasteiger partial charge in [0.1, 0.15) is 0 Å². The zero-order valence-electron chi connectivity index (χ0n) is 19.1. The van der Waals surface area contributed by atoms with Gasteiger partial charge in [-0.05, 0) is 52.7 Å². The number of nitrogens with zero attached hydrogens (tertiary/aromatic N) is 4. The minimum Gasteiger partial charge on any atom is -0.357 e. The smallest absolute Gasteiger partial charge is 0.225 e. The average Bonchev–Trinajstić information content (AvgIpc) is 3.10. The Hall–Kier alpha value is -0.610. The van der Waals surface area contributed by atoms with Crippen LogP contribution in [0.1, 0.15) is 51.9 Å². The summed E-state index contributed by atoms with van der Waals surface area (Å²) in [5.41, 5.74) is 0. The SMILES string of the molecule is CCNC(=NCCN1CCCN(C)CC1)NC1CCN(C(=O)C2CCCCC2)C1.I. The molecule has 2 aliphatic heterocycles. The Balaban J connectivity index is 0.00000320. The molecular weight excluding hydrogens is 491 g/mol. The Morgan fingerprint density at radius 3 is 2.57 bits per heavy atom. The minimum absolute atomic E-state index is 0. The molecular formula is C22H43IN6O. The van der Waals surface area contributed by atoms with Crippen LogP contribution in [0.2, 0.25) is 0 Å². The Kier molecular flexibility index (Phi) is 11.7. The molecule has 1 amide bonds. The molecule has 0 aromatic heterocycles. The molecule has 0 radical (unpaired) electrons. The molecule has 1 atom stereocenters. The van der Waals surface area contributed by atoms with E-state index >= 15 is 0 Å². The Bertz CT molecular complexity index is 540. The molecule has 0 spiro atoms. The second-order valence-corrected chi connectivity index (χ2v) is 9.01. The molecule has 7 nitrogen and oxygen atoms in total. The number of likely N-dealkylation sites (N-methyl/N-ethyl adjacent to an activating group) is 1. The van der Waals surface area contributed by atoms with Gasteiger partial charge in [0.25, 0.3) is 0 Å². The molecule has 0 bridgehead atoms. The van der Waals surface area contributed by atoms with Crippen LogP contribution in [0.3, 0.4) is 0 Å². The molecule has 3 fully saturated rings. The molecule has 30 heavy (non-hydrogen) atoms. The van der Waals surface area contributed by atoms with Crippen LogP contribution >= 0.6 is 24.0 Å². The first-order valence-corrected chi connectivity index (χ1v) is 11.9. The third-order valence-corrected chi connectivity index (χ3v) is 6.64. The van der Waals surface area contributed by atoms with E-state index in [1.54, 1.807) is 0 Å². The third-order valence-electron chi connectivity index (χ3n) is 6.64. The highest BCUT2D eigenvalue weighted by molar-refractivity contribution is 14.0. The van der Waals surface area contributed by atoms with Gasteiger partial charge in [-0.1, -0.05) is 19.3 Å². The molecule has 0 aromatic carbocycles. The van der Waals surface area contributed by atoms with Gasteiger partial charge >= 0.3 is 0 Å². The fourth-order valence-corrected chi connectivity index (χ4v) is 4.83. The van der Waals surface area contributed by atoms with Crippen molar-refractivity contribution >= 4 is 35.8 Å². The fraction of sp³-hybridized carbons (Fsp3) is 0.909. The molecule has 2 heterocycles. The summed E-state index contributed by atoms with van der Waals surface area (Å²) in [4.78, 5) is 24.6. The molecule has 2 saturated heterocycles. The van der Waals surface area contributed by atoms with Crippen LogP contribution in [0.4, 0.5) is 0 Å². The maximum Gasteiger partial charge on any atom is 0.225 e. The second kappa shape index (κ2) is 13.7. The largest absolute Gasteiger partial charge is 0.357 e. The summed E-state index contributed by atoms with van der Waals surface area (Å²) in [6.07, 6.45) is 8.16. The maximum atomic E-state index is 12.8. The van der Waals surface area contributed by atoms with Gasteiger partial charge in [-0.2, -0.15) is 0 Å². The fourth-order valence-electron chi connectivity index (χ4n) is 4.83. The molecule has 8 heteroatoms. The summed E-state index contributed by atoms with van der Waals surface area (Å²) >= 11 is 0. The van der Waals surface area contributed by atoms with Crippen LogP contribution in [-0.2, 0) is 4.79 Å². The van der Waals surface area contributed by atoms with Gasteiger partial charge in [0.2, 0.25) is 5.91 Å². The highest BCUT2D eigenvalue weighted by atomic mass is 127. The van der Waals surface area contributed by atoms with Crippen LogP contribution in [0.5, 0.6) is 0 Å². The zero-order chi connectivity index (χ0) is 20.5. The van der Waals surface area contributed by atoms with E-state index in [1.807, 2.05) is 0 Å². The van der Waals surface area contributed by atoms with E-state index in [4.69, 9.17) is 4.99 Å². The van der Waals surface area contributed by atoms with E-state index in [0.29, 0.717) is 11.9 Å². The van der Waals surface area contributed by atoms with Crippen molar-refractivity contribution in [3.8, 4) is 0 Å². The Labute approximate surface area is 200 Å². The summed E-state index contributed by atoms with van der Waals surface area (Å²) in [7, 11) is 2.21. The van der Waals surface area contributed by atoms with Crippen LogP contribution in [0.15, 0.2) is 4.99 Å². The molecule has 0 aromatic rings. The highest BCUT2D eigenvalue weighted by Crippen LogP contribution is 2.26. The van der Waals surface area contributed by atoms with Crippen molar-refractivity contribution in [2.75, 3.05) is 66.0 Å². The molecule has 2 N–H and O–H groups in total. The second-order valence-electron chi connectivity index (χ2n) is 9.01. The number of carbonyl (C=O) groups is 1. The van der Waals surface area contributed by atoms with Crippen molar-refractivity contribution in [2.45, 2.75) is 57.9 Å². The van der Waals surface area contributed by atoms with Crippen molar-refractivity contribution in [3.05, 3.63) is 0 Å². The monoisotopic (exact) mass is 534 g/mol. The standard InChI is InChI=1S/C22H42N6O.HI/c1-3-23-22(24-11-15-27-13-7-12-26(2)16-17-27)25-20-10-14-28(18-20)21(29)19-8-5-4-6-9-19;/h19-20H,3-18H2,1-2H3,(H2,23,24,25);1H. The molecule has 1 unspecified atom stereocenters. The van der Waals surface area contributed by atoms with E-state index < -0.39 is 0 Å². The van der Waals surface area contributed by atoms with Crippen LogP contribution in [-0.4, -0.2) is 98.6 Å². The lowest BCUT2D eigenvalue weighted by molar-refractivity contribution is -0.135. The predicted molar refractivity (Wildman–Crippen MR) is 135 cm³/mol. The number of guanidine groups is 1. The highest BCUT2D eigenvalue weighted by Gasteiger charge is 2.31. The topological polar surface area (TPSA) is 63.2 Å². The van der Waals surface area contributed by atoms with E-state index in [0.717, 1.165) is 71.0 Å². The lowest BCUT2D eigenvalue weighted by Crippen LogP contribution is -2.46. The average molecular weight is 535 g/mol. The van der Waals surface area contributed by atoms with Gasteiger partial charge in [0.05, 0.1) is 6.54 Å². The van der Waals surface area contributed by atoms with Crippen LogP contribution in [0, 0.1) is 5.92 Å². The van der Waals surface area contributed by atoms with Crippen molar-refractivity contribution in [1.29, 1.82) is 0 Å². The van der Waals surface area contributed by atoms with Crippen molar-refractivity contribution < 1.29 is 4.79 Å². The van der Waals surface area contributed by atoms with E-state index in [2.05, 4.69) is 39.3 Å². The Morgan fingerprint density at radius 1 is 1.00 bits per heavy atom. The van der Waals surface area contributed by atoms with Crippen LogP contribution < -0.4 is 10.6 Å². The number of aliphatic imine (C=N–C) groups is 1. The molecule has 1 aliphatic carbocycles. The van der Waals surface area contributed by atoms with E-state index in [9.17, 15) is 4.79 Å². The van der Waals surface area contributed by atoms with Gasteiger partial charge in [0, 0.05) is 51.2 Å². The number of rotatable bonds is 6. The number of hydrogen-bond acceptors (Lipinski definition) is 4. The summed E-state index contributed by atoms with van der Waals surface area (Å²) in [5, 5.41) is 6.96. The van der Waals surface area contributed by atoms with Gasteiger partial charge in [-0.3, -0.25) is 9.79 Å². The number of nitrogens with one attached hydrogen (secondary N) is 2. The number of halogens is 1. The van der Waals surface area contributed by atoms with E-state index in [-0.39, 0.29) is 29.9 Å². The summed E-state index contributed by atoms with van der Waals surface area (Å²) in [6.45, 7) is 11.1. The molecule has 174 valence electrons. The van der Waals surface area contributed by atoms with Gasteiger partial charge in [-0.15, -0.1) is 24.0 Å². The number of amides is 1. The normalized spacial score (nSPS) is 24.9. The lowest BCUT2D eigenvalue weighted by Gasteiger charge is -2.26. The summed E-state index contributed by atoms with van der Waals surface area (Å²) in [6, 6.07) is 0.312. The number of likely N-dealkylation sites (tertiary alicyclic amines) is 1. The summed E-state index contributed by atoms with van der Waals surface area (Å²) < 4.78 is 0. The number of hydrogen-bond donors (Lipinski definition) is 2. The Morgan fingerprint density at radius 2 is 1.80 bits per heavy atom. The number of carbonyl (C=O) groups excluding carboxylic acids is 1. The van der Waals surface area contributed by atoms with Crippen molar-refractivity contribution in [1.82, 2.24) is 25.3 Å². The third kappa shape index (κ3) is 8.15. The lowest BCUT2D eigenvalue weighted by atomic mass is 9.88. The quantitative estimate of drug-likeness (QED) is 0.310. The first kappa shape index (κ1) is 25.6. The van der Waals surface area contributed by atoms with Crippen molar-refractivity contribution in [3.63, 3.8) is 0 Å². The van der Waals surface area contributed by atoms with Crippen molar-refractivity contribution in [2.24, 2.45) is 10.9 Å². The van der Waals surface area contributed by atoms with E-state index in [1.165, 1.54) is 38.8 Å². The first-order valence-electron chi connectivity index (χ1n) is 11.9. The molecule has 3 rings (SSSR count). The van der Waals surface area contributed by atoms with Gasteiger partial charge in [0.15, 0.2) is 5.96 Å². The maximum absolute atomic E-state index is 12.8. The predicted octanol–water partition coefficient (Wildman–Crippen LogP) is 1.98. The molecule has 3 aliphatic rings. The molecule has 1 saturated carbocycles. The first-order chi connectivity index (χ1) is 14.2.